The minimum absolute atomic E-state index is 0.174. The molecular formula is C16H24O3. The van der Waals surface area contributed by atoms with E-state index in [1.54, 1.807) is 14.2 Å². The van der Waals surface area contributed by atoms with Gasteiger partial charge in [-0.1, -0.05) is 25.1 Å². The summed E-state index contributed by atoms with van der Waals surface area (Å²) in [7, 11) is 3.39. The minimum Gasteiger partial charge on any atom is -0.497 e. The molecule has 0 aliphatic carbocycles. The van der Waals surface area contributed by atoms with E-state index in [4.69, 9.17) is 14.2 Å². The highest BCUT2D eigenvalue weighted by Gasteiger charge is 2.15. The Balaban J connectivity index is 2.33. The summed E-state index contributed by atoms with van der Waals surface area (Å²) in [6, 6.07) is 7.91. The van der Waals surface area contributed by atoms with Crippen LogP contribution in [0.15, 0.2) is 36.9 Å². The van der Waals surface area contributed by atoms with E-state index < -0.39 is 0 Å². The Bertz CT molecular complexity index is 359. The fourth-order valence-corrected chi connectivity index (χ4v) is 1.92. The van der Waals surface area contributed by atoms with Crippen molar-refractivity contribution in [3.05, 3.63) is 42.5 Å². The smallest absolute Gasteiger partial charge is 0.118 e. The van der Waals surface area contributed by atoms with Gasteiger partial charge in [0, 0.05) is 13.0 Å². The molecular weight excluding hydrogens is 240 g/mol. The molecule has 1 rings (SSSR count). The van der Waals surface area contributed by atoms with Crippen molar-refractivity contribution in [3.63, 3.8) is 0 Å². The van der Waals surface area contributed by atoms with Crippen molar-refractivity contribution in [1.82, 2.24) is 0 Å². The standard InChI is InChI=1S/C16H24O3/c1-5-6-16(18-4)13(2)11-19-12-14-7-9-15(17-3)10-8-14/h5,7-10,13,16H,1,6,11-12H2,2-4H3/t13-,16+/m1/s1. The lowest BCUT2D eigenvalue weighted by Crippen LogP contribution is -2.24. The normalized spacial score (nSPS) is 13.8. The third-order valence-electron chi connectivity index (χ3n) is 3.14. The van der Waals surface area contributed by atoms with Crippen molar-refractivity contribution in [2.45, 2.75) is 26.1 Å². The van der Waals surface area contributed by atoms with E-state index in [0.29, 0.717) is 19.1 Å². The van der Waals surface area contributed by atoms with Gasteiger partial charge in [0.2, 0.25) is 0 Å². The van der Waals surface area contributed by atoms with E-state index >= 15 is 0 Å². The summed E-state index contributed by atoms with van der Waals surface area (Å²) < 4.78 is 16.3. The van der Waals surface area contributed by atoms with Crippen LogP contribution in [-0.4, -0.2) is 26.9 Å². The number of hydrogen-bond donors (Lipinski definition) is 0. The molecule has 0 heterocycles. The molecule has 1 aromatic rings. The maximum absolute atomic E-state index is 5.73. The first-order chi connectivity index (χ1) is 9.21. The molecule has 0 saturated heterocycles. The molecule has 0 fully saturated rings. The van der Waals surface area contributed by atoms with Gasteiger partial charge in [-0.15, -0.1) is 6.58 Å². The van der Waals surface area contributed by atoms with Crippen molar-refractivity contribution in [3.8, 4) is 5.75 Å². The zero-order valence-electron chi connectivity index (χ0n) is 12.1. The second-order valence-corrected chi connectivity index (χ2v) is 4.64. The molecule has 2 atom stereocenters. The fourth-order valence-electron chi connectivity index (χ4n) is 1.92. The SMILES string of the molecule is C=CC[C@H](OC)[C@H](C)COCc1ccc(OC)cc1. The Morgan fingerprint density at radius 3 is 2.42 bits per heavy atom. The van der Waals surface area contributed by atoms with Gasteiger partial charge in [-0.25, -0.2) is 0 Å². The first-order valence-electron chi connectivity index (χ1n) is 6.55. The van der Waals surface area contributed by atoms with Crippen LogP contribution in [0.4, 0.5) is 0 Å². The van der Waals surface area contributed by atoms with Gasteiger partial charge in [0.15, 0.2) is 0 Å². The van der Waals surface area contributed by atoms with E-state index in [-0.39, 0.29) is 6.10 Å². The molecule has 0 aromatic heterocycles. The van der Waals surface area contributed by atoms with Crippen molar-refractivity contribution in [2.75, 3.05) is 20.8 Å². The van der Waals surface area contributed by atoms with Crippen LogP contribution in [0.1, 0.15) is 18.9 Å². The van der Waals surface area contributed by atoms with Gasteiger partial charge in [-0.3, -0.25) is 0 Å². The van der Waals surface area contributed by atoms with Crippen LogP contribution < -0.4 is 4.74 Å². The van der Waals surface area contributed by atoms with Crippen LogP contribution >= 0.6 is 0 Å². The molecule has 0 radical (unpaired) electrons. The van der Waals surface area contributed by atoms with Gasteiger partial charge in [0.25, 0.3) is 0 Å². The summed E-state index contributed by atoms with van der Waals surface area (Å²) in [5, 5.41) is 0. The molecule has 0 unspecified atom stereocenters. The van der Waals surface area contributed by atoms with Gasteiger partial charge in [-0.05, 0) is 24.1 Å². The quantitative estimate of drug-likeness (QED) is 0.639. The van der Waals surface area contributed by atoms with Crippen LogP contribution in [-0.2, 0) is 16.1 Å². The average molecular weight is 264 g/mol. The lowest BCUT2D eigenvalue weighted by Gasteiger charge is -2.21. The lowest BCUT2D eigenvalue weighted by atomic mass is 10.0. The topological polar surface area (TPSA) is 27.7 Å². The Labute approximate surface area is 116 Å². The number of rotatable bonds is 9. The van der Waals surface area contributed by atoms with Crippen LogP contribution in [0.2, 0.25) is 0 Å². The summed E-state index contributed by atoms with van der Waals surface area (Å²) in [4.78, 5) is 0. The van der Waals surface area contributed by atoms with E-state index in [9.17, 15) is 0 Å². The molecule has 0 spiro atoms. The van der Waals surface area contributed by atoms with Gasteiger partial charge < -0.3 is 14.2 Å². The van der Waals surface area contributed by atoms with E-state index in [1.807, 2.05) is 30.3 Å². The molecule has 3 nitrogen and oxygen atoms in total. The first kappa shape index (κ1) is 15.7. The summed E-state index contributed by atoms with van der Waals surface area (Å²) in [5.41, 5.74) is 1.14. The fraction of sp³-hybridized carbons (Fsp3) is 0.500. The molecule has 0 aliphatic heterocycles. The zero-order chi connectivity index (χ0) is 14.1. The molecule has 0 saturated carbocycles. The van der Waals surface area contributed by atoms with Crippen LogP contribution in [0.3, 0.4) is 0 Å². The van der Waals surface area contributed by atoms with Crippen molar-refractivity contribution in [1.29, 1.82) is 0 Å². The summed E-state index contributed by atoms with van der Waals surface area (Å²) in [6.45, 7) is 7.16. The largest absolute Gasteiger partial charge is 0.497 e. The van der Waals surface area contributed by atoms with Gasteiger partial charge in [0.1, 0.15) is 5.75 Å². The molecule has 0 N–H and O–H groups in total. The predicted molar refractivity (Wildman–Crippen MR) is 77.4 cm³/mol. The summed E-state index contributed by atoms with van der Waals surface area (Å²) in [5.74, 6) is 1.21. The maximum Gasteiger partial charge on any atom is 0.118 e. The van der Waals surface area contributed by atoms with Crippen LogP contribution in [0.25, 0.3) is 0 Å². The zero-order valence-corrected chi connectivity index (χ0v) is 12.1. The molecule has 106 valence electrons. The Hall–Kier alpha value is -1.32. The van der Waals surface area contributed by atoms with E-state index in [0.717, 1.165) is 17.7 Å². The highest BCUT2D eigenvalue weighted by molar-refractivity contribution is 5.26. The highest BCUT2D eigenvalue weighted by atomic mass is 16.5. The van der Waals surface area contributed by atoms with Crippen molar-refractivity contribution in [2.24, 2.45) is 5.92 Å². The molecule has 19 heavy (non-hydrogen) atoms. The van der Waals surface area contributed by atoms with Gasteiger partial charge >= 0.3 is 0 Å². The second kappa shape index (κ2) is 8.73. The number of methoxy groups -OCH3 is 2. The Morgan fingerprint density at radius 2 is 1.89 bits per heavy atom. The Morgan fingerprint density at radius 1 is 1.21 bits per heavy atom. The monoisotopic (exact) mass is 264 g/mol. The molecule has 0 amide bonds. The summed E-state index contributed by atoms with van der Waals surface area (Å²) in [6.07, 6.45) is 2.91. The van der Waals surface area contributed by atoms with E-state index in [2.05, 4.69) is 13.5 Å². The highest BCUT2D eigenvalue weighted by Crippen LogP contribution is 2.14. The van der Waals surface area contributed by atoms with Crippen LogP contribution in [0.5, 0.6) is 5.75 Å². The first-order valence-corrected chi connectivity index (χ1v) is 6.55. The van der Waals surface area contributed by atoms with E-state index in [1.165, 1.54) is 0 Å². The average Bonchev–Trinajstić information content (AvgIpc) is 2.45. The summed E-state index contributed by atoms with van der Waals surface area (Å²) >= 11 is 0. The van der Waals surface area contributed by atoms with Gasteiger partial charge in [0.05, 0.1) is 26.4 Å². The van der Waals surface area contributed by atoms with Gasteiger partial charge in [-0.2, -0.15) is 0 Å². The number of hydrogen-bond acceptors (Lipinski definition) is 3. The molecule has 0 aliphatic rings. The number of benzene rings is 1. The third kappa shape index (κ3) is 5.45. The maximum atomic E-state index is 5.73. The molecule has 3 heteroatoms. The van der Waals surface area contributed by atoms with Crippen molar-refractivity contribution >= 4 is 0 Å². The van der Waals surface area contributed by atoms with Crippen molar-refractivity contribution < 1.29 is 14.2 Å². The molecule has 0 bridgehead atoms. The Kier molecular flexibility index (Phi) is 7.23. The predicted octanol–water partition coefficient (Wildman–Crippen LogP) is 3.44. The minimum atomic E-state index is 0.174. The second-order valence-electron chi connectivity index (χ2n) is 4.64. The number of ether oxygens (including phenoxy) is 3. The molecule has 1 aromatic carbocycles. The van der Waals surface area contributed by atoms with Crippen LogP contribution in [0, 0.1) is 5.92 Å². The lowest BCUT2D eigenvalue weighted by molar-refractivity contribution is 0.00560. The third-order valence-corrected chi connectivity index (χ3v) is 3.14.